The van der Waals surface area contributed by atoms with Crippen LogP contribution in [0.15, 0.2) is 12.3 Å². The number of hydrogen-bond acceptors (Lipinski definition) is 3. The molecule has 0 aliphatic carbocycles. The molecule has 4 nitrogen and oxygen atoms in total. The number of rotatable bonds is 15. The standard InChI is InChI=1S/C21H37N3O/c1-3-4-5-6-7-8-9-10-11-12-13-14-15-16-20(25)24-21-22-18-17-19(2)23-21/h17-18H,3-16H2,1-2H3,(H,22,23,24,25). The van der Waals surface area contributed by atoms with E-state index in [0.717, 1.165) is 18.5 Å². The average molecular weight is 348 g/mol. The summed E-state index contributed by atoms with van der Waals surface area (Å²) in [5.41, 5.74) is 0.867. The first kappa shape index (κ1) is 21.6. The largest absolute Gasteiger partial charge is 0.295 e. The molecule has 1 aromatic rings. The van der Waals surface area contributed by atoms with Gasteiger partial charge < -0.3 is 0 Å². The Labute approximate surface area is 154 Å². The summed E-state index contributed by atoms with van der Waals surface area (Å²) in [5, 5.41) is 2.76. The Morgan fingerprint density at radius 3 is 1.92 bits per heavy atom. The number of hydrogen-bond donors (Lipinski definition) is 1. The van der Waals surface area contributed by atoms with E-state index in [9.17, 15) is 4.79 Å². The van der Waals surface area contributed by atoms with Crippen LogP contribution in [-0.2, 0) is 4.79 Å². The molecular formula is C21H37N3O. The van der Waals surface area contributed by atoms with E-state index in [0.29, 0.717) is 12.4 Å². The van der Waals surface area contributed by atoms with Crippen LogP contribution < -0.4 is 5.32 Å². The highest BCUT2D eigenvalue weighted by Crippen LogP contribution is 2.13. The van der Waals surface area contributed by atoms with E-state index in [-0.39, 0.29) is 5.91 Å². The number of aryl methyl sites for hydroxylation is 1. The zero-order valence-electron chi connectivity index (χ0n) is 16.4. The van der Waals surface area contributed by atoms with Gasteiger partial charge >= 0.3 is 0 Å². The lowest BCUT2D eigenvalue weighted by Crippen LogP contribution is -2.13. The Bertz CT molecular complexity index is 462. The molecule has 0 saturated carbocycles. The van der Waals surface area contributed by atoms with Crippen LogP contribution in [-0.4, -0.2) is 15.9 Å². The van der Waals surface area contributed by atoms with Gasteiger partial charge in [0.15, 0.2) is 0 Å². The van der Waals surface area contributed by atoms with Crippen molar-refractivity contribution < 1.29 is 4.79 Å². The molecule has 4 heteroatoms. The first-order valence-electron chi connectivity index (χ1n) is 10.3. The summed E-state index contributed by atoms with van der Waals surface area (Å²) >= 11 is 0. The van der Waals surface area contributed by atoms with Crippen molar-refractivity contribution in [2.75, 3.05) is 5.32 Å². The molecule has 0 atom stereocenters. The molecule has 1 N–H and O–H groups in total. The Morgan fingerprint density at radius 1 is 0.880 bits per heavy atom. The normalized spacial score (nSPS) is 10.8. The van der Waals surface area contributed by atoms with Crippen LogP contribution in [0.5, 0.6) is 0 Å². The topological polar surface area (TPSA) is 54.9 Å². The maximum Gasteiger partial charge on any atom is 0.229 e. The van der Waals surface area contributed by atoms with E-state index in [4.69, 9.17) is 0 Å². The van der Waals surface area contributed by atoms with Crippen LogP contribution in [0.3, 0.4) is 0 Å². The fourth-order valence-corrected chi connectivity index (χ4v) is 3.00. The zero-order valence-corrected chi connectivity index (χ0v) is 16.4. The van der Waals surface area contributed by atoms with Crippen molar-refractivity contribution >= 4 is 11.9 Å². The quantitative estimate of drug-likeness (QED) is 0.384. The van der Waals surface area contributed by atoms with Crippen LogP contribution in [0.4, 0.5) is 5.95 Å². The van der Waals surface area contributed by atoms with Gasteiger partial charge in [-0.25, -0.2) is 9.97 Å². The van der Waals surface area contributed by atoms with Crippen LogP contribution in [0.1, 0.15) is 103 Å². The fraction of sp³-hybridized carbons (Fsp3) is 0.762. The number of nitrogens with zero attached hydrogens (tertiary/aromatic N) is 2. The molecule has 1 aromatic heterocycles. The number of unbranched alkanes of at least 4 members (excludes halogenated alkanes) is 12. The van der Waals surface area contributed by atoms with Gasteiger partial charge in [0.2, 0.25) is 11.9 Å². The van der Waals surface area contributed by atoms with Crippen LogP contribution in [0.2, 0.25) is 0 Å². The minimum absolute atomic E-state index is 0.0219. The average Bonchev–Trinajstić information content (AvgIpc) is 2.59. The number of amides is 1. The Hall–Kier alpha value is -1.45. The van der Waals surface area contributed by atoms with E-state index in [2.05, 4.69) is 22.2 Å². The van der Waals surface area contributed by atoms with Gasteiger partial charge in [-0.05, 0) is 19.4 Å². The minimum Gasteiger partial charge on any atom is -0.295 e. The van der Waals surface area contributed by atoms with Crippen LogP contribution in [0, 0.1) is 6.92 Å². The van der Waals surface area contributed by atoms with Crippen LogP contribution >= 0.6 is 0 Å². The molecule has 0 radical (unpaired) electrons. The lowest BCUT2D eigenvalue weighted by molar-refractivity contribution is -0.116. The molecule has 0 bridgehead atoms. The summed E-state index contributed by atoms with van der Waals surface area (Å²) in [4.78, 5) is 20.1. The van der Waals surface area contributed by atoms with Gasteiger partial charge in [-0.15, -0.1) is 0 Å². The second kappa shape index (κ2) is 14.9. The number of nitrogens with one attached hydrogen (secondary N) is 1. The van der Waals surface area contributed by atoms with Crippen molar-refractivity contribution in [2.24, 2.45) is 0 Å². The summed E-state index contributed by atoms with van der Waals surface area (Å²) in [5.74, 6) is 0.438. The molecule has 1 heterocycles. The van der Waals surface area contributed by atoms with Crippen molar-refractivity contribution in [3.05, 3.63) is 18.0 Å². The highest BCUT2D eigenvalue weighted by molar-refractivity contribution is 5.88. The first-order chi connectivity index (χ1) is 12.2. The van der Waals surface area contributed by atoms with Crippen LogP contribution in [0.25, 0.3) is 0 Å². The molecular weight excluding hydrogens is 310 g/mol. The summed E-state index contributed by atoms with van der Waals surface area (Å²) < 4.78 is 0. The van der Waals surface area contributed by atoms with E-state index >= 15 is 0 Å². The summed E-state index contributed by atoms with van der Waals surface area (Å²) in [6.45, 7) is 4.16. The zero-order chi connectivity index (χ0) is 18.2. The molecule has 1 rings (SSSR count). The number of aromatic nitrogens is 2. The third-order valence-corrected chi connectivity index (χ3v) is 4.55. The molecule has 0 spiro atoms. The van der Waals surface area contributed by atoms with Crippen molar-refractivity contribution in [3.8, 4) is 0 Å². The summed E-state index contributed by atoms with van der Waals surface area (Å²) in [7, 11) is 0. The fourth-order valence-electron chi connectivity index (χ4n) is 3.00. The summed E-state index contributed by atoms with van der Waals surface area (Å²) in [6, 6.07) is 1.82. The summed E-state index contributed by atoms with van der Waals surface area (Å²) in [6.07, 6.45) is 19.4. The van der Waals surface area contributed by atoms with E-state index in [1.165, 1.54) is 70.6 Å². The van der Waals surface area contributed by atoms with Gasteiger partial charge in [0.05, 0.1) is 0 Å². The molecule has 25 heavy (non-hydrogen) atoms. The molecule has 0 aliphatic heterocycles. The molecule has 0 fully saturated rings. The lowest BCUT2D eigenvalue weighted by Gasteiger charge is -2.04. The molecule has 142 valence electrons. The second-order valence-electron chi connectivity index (χ2n) is 7.06. The number of carbonyl (C=O) groups excluding carboxylic acids is 1. The van der Waals surface area contributed by atoms with E-state index in [1.807, 2.05) is 13.0 Å². The van der Waals surface area contributed by atoms with Gasteiger partial charge in [-0.3, -0.25) is 10.1 Å². The predicted octanol–water partition coefficient (Wildman–Crippen LogP) is 6.20. The van der Waals surface area contributed by atoms with Crippen molar-refractivity contribution in [1.82, 2.24) is 9.97 Å². The number of anilines is 1. The molecule has 0 saturated heterocycles. The highest BCUT2D eigenvalue weighted by Gasteiger charge is 2.04. The van der Waals surface area contributed by atoms with Gasteiger partial charge in [-0.1, -0.05) is 84.0 Å². The monoisotopic (exact) mass is 347 g/mol. The third kappa shape index (κ3) is 12.5. The van der Waals surface area contributed by atoms with Crippen molar-refractivity contribution in [2.45, 2.75) is 104 Å². The smallest absolute Gasteiger partial charge is 0.229 e. The maximum atomic E-state index is 11.8. The molecule has 0 aromatic carbocycles. The molecule has 0 aliphatic rings. The third-order valence-electron chi connectivity index (χ3n) is 4.55. The molecule has 0 unspecified atom stereocenters. The Kier molecular flexibility index (Phi) is 12.8. The minimum atomic E-state index is 0.0219. The van der Waals surface area contributed by atoms with Crippen molar-refractivity contribution in [1.29, 1.82) is 0 Å². The second-order valence-corrected chi connectivity index (χ2v) is 7.06. The first-order valence-corrected chi connectivity index (χ1v) is 10.3. The van der Waals surface area contributed by atoms with Crippen molar-refractivity contribution in [3.63, 3.8) is 0 Å². The SMILES string of the molecule is CCCCCCCCCCCCCCCC(=O)Nc1nccc(C)n1. The van der Waals surface area contributed by atoms with Gasteiger partial charge in [0.25, 0.3) is 0 Å². The lowest BCUT2D eigenvalue weighted by atomic mass is 10.0. The Balaban J connectivity index is 1.86. The number of carbonyl (C=O) groups is 1. The van der Waals surface area contributed by atoms with E-state index in [1.54, 1.807) is 6.20 Å². The Morgan fingerprint density at radius 2 is 1.40 bits per heavy atom. The maximum absolute atomic E-state index is 11.8. The van der Waals surface area contributed by atoms with E-state index < -0.39 is 0 Å². The molecule has 1 amide bonds. The van der Waals surface area contributed by atoms with Gasteiger partial charge in [0.1, 0.15) is 0 Å². The van der Waals surface area contributed by atoms with Gasteiger partial charge in [-0.2, -0.15) is 0 Å². The highest BCUT2D eigenvalue weighted by atomic mass is 16.1. The van der Waals surface area contributed by atoms with Gasteiger partial charge in [0, 0.05) is 18.3 Å². The predicted molar refractivity (Wildman–Crippen MR) is 106 cm³/mol.